The lowest BCUT2D eigenvalue weighted by molar-refractivity contribution is -0.154. The number of hydrogen-bond donors (Lipinski definition) is 1. The maximum Gasteiger partial charge on any atom is 0.306 e. The summed E-state index contributed by atoms with van der Waals surface area (Å²) in [5, 5.41) is 8.43. The van der Waals surface area contributed by atoms with Gasteiger partial charge >= 0.3 is 11.9 Å². The molecule has 0 amide bonds. The molecule has 0 aliphatic heterocycles. The Balaban J connectivity index is 3.96. The Morgan fingerprint density at radius 3 is 1.94 bits per heavy atom. The Labute approximate surface area is 97.0 Å². The van der Waals surface area contributed by atoms with Crippen molar-refractivity contribution >= 4 is 11.9 Å². The molecule has 16 heavy (non-hydrogen) atoms. The average molecular weight is 230 g/mol. The fourth-order valence-electron chi connectivity index (χ4n) is 1.64. The van der Waals surface area contributed by atoms with Gasteiger partial charge in [0.1, 0.15) is 6.10 Å². The van der Waals surface area contributed by atoms with Crippen molar-refractivity contribution in [2.45, 2.75) is 53.1 Å². The van der Waals surface area contributed by atoms with Gasteiger partial charge in [0.15, 0.2) is 0 Å². The number of carboxylic acids is 1. The predicted molar refractivity (Wildman–Crippen MR) is 61.0 cm³/mol. The van der Waals surface area contributed by atoms with Crippen LogP contribution in [0.25, 0.3) is 0 Å². The zero-order chi connectivity index (χ0) is 12.7. The highest BCUT2D eigenvalue weighted by atomic mass is 16.5. The molecule has 0 atom stereocenters. The molecule has 0 spiro atoms. The molecular weight excluding hydrogens is 208 g/mol. The third-order valence-electron chi connectivity index (χ3n) is 2.35. The third kappa shape index (κ3) is 6.43. The summed E-state index contributed by atoms with van der Waals surface area (Å²) < 4.78 is 5.32. The van der Waals surface area contributed by atoms with Gasteiger partial charge in [-0.1, -0.05) is 27.7 Å². The van der Waals surface area contributed by atoms with Crippen molar-refractivity contribution in [3.63, 3.8) is 0 Å². The lowest BCUT2D eigenvalue weighted by atomic mass is 9.96. The third-order valence-corrected chi connectivity index (χ3v) is 2.35. The van der Waals surface area contributed by atoms with Gasteiger partial charge in [-0.05, 0) is 18.3 Å². The molecule has 0 radical (unpaired) electrons. The lowest BCUT2D eigenvalue weighted by Gasteiger charge is -2.24. The van der Waals surface area contributed by atoms with Gasteiger partial charge in [0.2, 0.25) is 0 Å². The van der Waals surface area contributed by atoms with Crippen LogP contribution in [-0.2, 0) is 14.3 Å². The number of hydrogen-bond acceptors (Lipinski definition) is 3. The molecule has 0 rings (SSSR count). The summed E-state index contributed by atoms with van der Waals surface area (Å²) >= 11 is 0. The van der Waals surface area contributed by atoms with E-state index in [4.69, 9.17) is 9.84 Å². The van der Waals surface area contributed by atoms with Crippen LogP contribution in [0.3, 0.4) is 0 Å². The molecule has 0 fully saturated rings. The predicted octanol–water partition coefficient (Wildman–Crippen LogP) is 2.47. The van der Waals surface area contributed by atoms with Gasteiger partial charge < -0.3 is 9.84 Å². The molecule has 0 aliphatic rings. The number of carboxylic acid groups (broad SMARTS) is 1. The fourth-order valence-corrected chi connectivity index (χ4v) is 1.64. The molecule has 0 aromatic rings. The highest BCUT2D eigenvalue weighted by molar-refractivity contribution is 5.71. The minimum atomic E-state index is -0.878. The first-order valence-corrected chi connectivity index (χ1v) is 5.75. The van der Waals surface area contributed by atoms with Gasteiger partial charge in [0, 0.05) is 12.8 Å². The minimum Gasteiger partial charge on any atom is -0.481 e. The van der Waals surface area contributed by atoms with E-state index in [2.05, 4.69) is 0 Å². The topological polar surface area (TPSA) is 63.6 Å². The molecule has 0 bridgehead atoms. The Kier molecular flexibility index (Phi) is 6.77. The van der Waals surface area contributed by atoms with E-state index in [1.807, 2.05) is 27.7 Å². The van der Waals surface area contributed by atoms with Crippen molar-refractivity contribution in [2.75, 3.05) is 0 Å². The van der Waals surface area contributed by atoms with Crippen molar-refractivity contribution in [1.82, 2.24) is 0 Å². The largest absolute Gasteiger partial charge is 0.481 e. The number of ether oxygens (including phenoxy) is 1. The normalized spacial score (nSPS) is 11.2. The second-order valence-electron chi connectivity index (χ2n) is 4.69. The molecule has 0 unspecified atom stereocenters. The quantitative estimate of drug-likeness (QED) is 0.682. The van der Waals surface area contributed by atoms with Crippen LogP contribution in [0.4, 0.5) is 0 Å². The van der Waals surface area contributed by atoms with Crippen LogP contribution in [0.15, 0.2) is 0 Å². The molecule has 0 heterocycles. The van der Waals surface area contributed by atoms with E-state index in [1.165, 1.54) is 0 Å². The maximum atomic E-state index is 11.4. The molecule has 4 nitrogen and oxygen atoms in total. The van der Waals surface area contributed by atoms with Crippen LogP contribution < -0.4 is 0 Å². The van der Waals surface area contributed by atoms with Crippen LogP contribution >= 0.6 is 0 Å². The molecule has 94 valence electrons. The van der Waals surface area contributed by atoms with E-state index in [9.17, 15) is 9.59 Å². The van der Waals surface area contributed by atoms with Gasteiger partial charge in [-0.2, -0.15) is 0 Å². The van der Waals surface area contributed by atoms with Crippen molar-refractivity contribution in [3.8, 4) is 0 Å². The number of carbonyl (C=O) groups is 2. The molecule has 1 N–H and O–H groups in total. The molecule has 4 heteroatoms. The smallest absolute Gasteiger partial charge is 0.306 e. The zero-order valence-electron chi connectivity index (χ0n) is 10.5. The van der Waals surface area contributed by atoms with E-state index in [-0.39, 0.29) is 36.8 Å². The molecule has 0 aliphatic carbocycles. The van der Waals surface area contributed by atoms with Gasteiger partial charge in [-0.15, -0.1) is 0 Å². The van der Waals surface area contributed by atoms with Crippen LogP contribution in [0.1, 0.15) is 47.0 Å². The van der Waals surface area contributed by atoms with E-state index >= 15 is 0 Å². The molecule has 0 aromatic heterocycles. The Morgan fingerprint density at radius 1 is 1.06 bits per heavy atom. The Bertz CT molecular complexity index is 225. The first-order chi connectivity index (χ1) is 7.34. The summed E-state index contributed by atoms with van der Waals surface area (Å²) in [5.74, 6) is -0.613. The molecule has 0 saturated carbocycles. The number of rotatable bonds is 7. The molecular formula is C12H22O4. The lowest BCUT2D eigenvalue weighted by Crippen LogP contribution is -2.28. The van der Waals surface area contributed by atoms with E-state index in [0.29, 0.717) is 6.42 Å². The summed E-state index contributed by atoms with van der Waals surface area (Å²) in [7, 11) is 0. The van der Waals surface area contributed by atoms with E-state index < -0.39 is 5.97 Å². The second-order valence-corrected chi connectivity index (χ2v) is 4.69. The first-order valence-electron chi connectivity index (χ1n) is 5.75. The summed E-state index contributed by atoms with van der Waals surface area (Å²) in [4.78, 5) is 21.7. The standard InChI is InChI=1S/C12H22O4/c1-8(2)12(9(3)4)16-11(15)7-5-6-10(13)14/h8-9,12H,5-7H2,1-4H3,(H,13,14). The average Bonchev–Trinajstić information content (AvgIpc) is 2.12. The van der Waals surface area contributed by atoms with Crippen LogP contribution in [-0.4, -0.2) is 23.1 Å². The summed E-state index contributed by atoms with van der Waals surface area (Å²) in [5.41, 5.74) is 0. The SMILES string of the molecule is CC(C)C(OC(=O)CCCC(=O)O)C(C)C. The summed E-state index contributed by atoms with van der Waals surface area (Å²) in [6.45, 7) is 8.04. The van der Waals surface area contributed by atoms with Crippen LogP contribution in [0.5, 0.6) is 0 Å². The number of carbonyl (C=O) groups excluding carboxylic acids is 1. The summed E-state index contributed by atoms with van der Waals surface area (Å²) in [6.07, 6.45) is 0.458. The second kappa shape index (κ2) is 7.25. The van der Waals surface area contributed by atoms with E-state index in [0.717, 1.165) is 0 Å². The monoisotopic (exact) mass is 230 g/mol. The molecule has 0 aromatic carbocycles. The van der Waals surface area contributed by atoms with Crippen LogP contribution in [0, 0.1) is 11.8 Å². The van der Waals surface area contributed by atoms with Crippen molar-refractivity contribution in [2.24, 2.45) is 11.8 Å². The highest BCUT2D eigenvalue weighted by Crippen LogP contribution is 2.17. The van der Waals surface area contributed by atoms with E-state index in [1.54, 1.807) is 0 Å². The minimum absolute atomic E-state index is 0.0170. The zero-order valence-corrected chi connectivity index (χ0v) is 10.5. The van der Waals surface area contributed by atoms with Crippen molar-refractivity contribution in [1.29, 1.82) is 0 Å². The van der Waals surface area contributed by atoms with Crippen molar-refractivity contribution < 1.29 is 19.4 Å². The van der Waals surface area contributed by atoms with Gasteiger partial charge in [0.25, 0.3) is 0 Å². The fraction of sp³-hybridized carbons (Fsp3) is 0.833. The maximum absolute atomic E-state index is 11.4. The van der Waals surface area contributed by atoms with Gasteiger partial charge in [-0.3, -0.25) is 9.59 Å². The number of esters is 1. The van der Waals surface area contributed by atoms with Gasteiger partial charge in [0.05, 0.1) is 0 Å². The molecule has 0 saturated heterocycles. The van der Waals surface area contributed by atoms with Crippen molar-refractivity contribution in [3.05, 3.63) is 0 Å². The Hall–Kier alpha value is -1.06. The first kappa shape index (κ1) is 14.9. The summed E-state index contributed by atoms with van der Waals surface area (Å²) in [6, 6.07) is 0. The van der Waals surface area contributed by atoms with Crippen LogP contribution in [0.2, 0.25) is 0 Å². The Morgan fingerprint density at radius 2 is 1.56 bits per heavy atom. The van der Waals surface area contributed by atoms with Gasteiger partial charge in [-0.25, -0.2) is 0 Å². The number of aliphatic carboxylic acids is 1. The highest BCUT2D eigenvalue weighted by Gasteiger charge is 2.21.